The van der Waals surface area contributed by atoms with Crippen molar-refractivity contribution >= 4 is 15.8 Å². The van der Waals surface area contributed by atoms with Crippen LogP contribution in [0, 0.1) is 17.1 Å². The maximum Gasteiger partial charge on any atom is 0.265 e. The Morgan fingerprint density at radius 1 is 1.20 bits per heavy atom. The SMILES string of the molecule is N#Cc1cc(S(=O)(=O)N(Cc2ccco2)c2ccccn2)ccc1F. The van der Waals surface area contributed by atoms with Gasteiger partial charge in [-0.1, -0.05) is 6.07 Å². The molecule has 25 heavy (non-hydrogen) atoms. The van der Waals surface area contributed by atoms with E-state index in [1.54, 1.807) is 30.3 Å². The maximum absolute atomic E-state index is 13.5. The minimum Gasteiger partial charge on any atom is -0.467 e. The summed E-state index contributed by atoms with van der Waals surface area (Å²) < 4.78 is 45.9. The predicted octanol–water partition coefficient (Wildman–Crippen LogP) is 3.08. The number of furan rings is 1. The van der Waals surface area contributed by atoms with E-state index in [9.17, 15) is 12.8 Å². The van der Waals surface area contributed by atoms with Crippen molar-refractivity contribution in [3.63, 3.8) is 0 Å². The number of nitriles is 1. The number of halogens is 1. The number of hydrogen-bond acceptors (Lipinski definition) is 5. The van der Waals surface area contributed by atoms with Gasteiger partial charge in [-0.3, -0.25) is 0 Å². The third-order valence-corrected chi connectivity index (χ3v) is 5.18. The molecule has 2 aromatic heterocycles. The van der Waals surface area contributed by atoms with Gasteiger partial charge in [0.2, 0.25) is 0 Å². The summed E-state index contributed by atoms with van der Waals surface area (Å²) in [5.41, 5.74) is -0.347. The first kappa shape index (κ1) is 16.7. The second kappa shape index (κ2) is 6.75. The van der Waals surface area contributed by atoms with E-state index in [-0.39, 0.29) is 22.8 Å². The average Bonchev–Trinajstić information content (AvgIpc) is 3.14. The molecule has 0 aliphatic rings. The Hall–Kier alpha value is -3.18. The lowest BCUT2D eigenvalue weighted by molar-refractivity contribution is 0.508. The van der Waals surface area contributed by atoms with Gasteiger partial charge in [0.25, 0.3) is 10.0 Å². The molecule has 0 amide bonds. The fraction of sp³-hybridized carbons (Fsp3) is 0.0588. The first-order chi connectivity index (χ1) is 12.0. The molecule has 0 N–H and O–H groups in total. The molecular weight excluding hydrogens is 345 g/mol. The van der Waals surface area contributed by atoms with Gasteiger partial charge in [-0.2, -0.15) is 5.26 Å². The standard InChI is InChI=1S/C17H12FN3O3S/c18-16-7-6-15(10-13(16)11-19)25(22,23)21(12-14-4-3-9-24-14)17-5-1-2-8-20-17/h1-10H,12H2. The number of aromatic nitrogens is 1. The second-order valence-electron chi connectivity index (χ2n) is 5.03. The summed E-state index contributed by atoms with van der Waals surface area (Å²) in [5.74, 6) is -0.185. The van der Waals surface area contributed by atoms with Crippen molar-refractivity contribution in [3.8, 4) is 6.07 Å². The van der Waals surface area contributed by atoms with Gasteiger partial charge >= 0.3 is 0 Å². The zero-order valence-electron chi connectivity index (χ0n) is 12.8. The Morgan fingerprint density at radius 3 is 2.68 bits per heavy atom. The van der Waals surface area contributed by atoms with E-state index >= 15 is 0 Å². The quantitative estimate of drug-likeness (QED) is 0.700. The molecule has 0 aliphatic heterocycles. The van der Waals surface area contributed by atoms with Crippen LogP contribution in [0.5, 0.6) is 0 Å². The molecule has 1 aromatic carbocycles. The highest BCUT2D eigenvalue weighted by atomic mass is 32.2. The van der Waals surface area contributed by atoms with Crippen molar-refractivity contribution in [2.75, 3.05) is 4.31 Å². The summed E-state index contributed by atoms with van der Waals surface area (Å²) in [7, 11) is -4.09. The molecule has 6 nitrogen and oxygen atoms in total. The molecule has 0 saturated carbocycles. The molecule has 0 aliphatic carbocycles. The average molecular weight is 357 g/mol. The summed E-state index contributed by atoms with van der Waals surface area (Å²) in [5, 5.41) is 8.95. The van der Waals surface area contributed by atoms with Gasteiger partial charge in [-0.25, -0.2) is 22.1 Å². The first-order valence-electron chi connectivity index (χ1n) is 7.18. The molecule has 0 radical (unpaired) electrons. The highest BCUT2D eigenvalue weighted by molar-refractivity contribution is 7.92. The van der Waals surface area contributed by atoms with Gasteiger partial charge in [0.1, 0.15) is 23.5 Å². The molecule has 0 atom stereocenters. The van der Waals surface area contributed by atoms with Gasteiger partial charge < -0.3 is 4.42 Å². The van der Waals surface area contributed by atoms with E-state index in [4.69, 9.17) is 9.68 Å². The zero-order valence-corrected chi connectivity index (χ0v) is 13.6. The number of hydrogen-bond donors (Lipinski definition) is 0. The Kier molecular flexibility index (Phi) is 4.50. The lowest BCUT2D eigenvalue weighted by Crippen LogP contribution is -2.31. The van der Waals surface area contributed by atoms with Crippen molar-refractivity contribution < 1.29 is 17.2 Å². The lowest BCUT2D eigenvalue weighted by atomic mass is 10.2. The van der Waals surface area contributed by atoms with Crippen molar-refractivity contribution in [3.05, 3.63) is 78.1 Å². The maximum atomic E-state index is 13.5. The molecule has 0 spiro atoms. The fourth-order valence-electron chi connectivity index (χ4n) is 2.21. The van der Waals surface area contributed by atoms with Crippen LogP contribution < -0.4 is 4.31 Å². The van der Waals surface area contributed by atoms with E-state index in [2.05, 4.69) is 4.98 Å². The zero-order chi connectivity index (χ0) is 17.9. The van der Waals surface area contributed by atoms with E-state index in [0.29, 0.717) is 5.76 Å². The number of rotatable bonds is 5. The van der Waals surface area contributed by atoms with Crippen molar-refractivity contribution in [2.45, 2.75) is 11.4 Å². The highest BCUT2D eigenvalue weighted by Gasteiger charge is 2.27. The Morgan fingerprint density at radius 2 is 2.04 bits per heavy atom. The van der Waals surface area contributed by atoms with Crippen LogP contribution in [0.4, 0.5) is 10.2 Å². The summed E-state index contributed by atoms with van der Waals surface area (Å²) in [6.45, 7) is -0.0917. The normalized spacial score (nSPS) is 11.0. The minimum absolute atomic E-state index is 0.0917. The third kappa shape index (κ3) is 3.36. The van der Waals surface area contributed by atoms with Gasteiger partial charge in [-0.05, 0) is 42.5 Å². The summed E-state index contributed by atoms with van der Waals surface area (Å²) in [6, 6.07) is 12.8. The molecule has 8 heteroatoms. The molecular formula is C17H12FN3O3S. The first-order valence-corrected chi connectivity index (χ1v) is 8.62. The lowest BCUT2D eigenvalue weighted by Gasteiger charge is -2.22. The third-order valence-electron chi connectivity index (χ3n) is 3.43. The van der Waals surface area contributed by atoms with E-state index in [0.717, 1.165) is 22.5 Å². The molecule has 0 bridgehead atoms. The minimum atomic E-state index is -4.09. The van der Waals surface area contributed by atoms with Gasteiger partial charge in [0, 0.05) is 6.20 Å². The van der Waals surface area contributed by atoms with Gasteiger partial charge in [0.15, 0.2) is 0 Å². The molecule has 0 saturated heterocycles. The number of sulfonamides is 1. The Bertz CT molecular complexity index is 1010. The fourth-order valence-corrected chi connectivity index (χ4v) is 3.62. The van der Waals surface area contributed by atoms with Crippen molar-refractivity contribution in [1.29, 1.82) is 5.26 Å². The van der Waals surface area contributed by atoms with Gasteiger partial charge in [-0.15, -0.1) is 0 Å². The molecule has 3 rings (SSSR count). The molecule has 0 unspecified atom stereocenters. The molecule has 0 fully saturated rings. The summed E-state index contributed by atoms with van der Waals surface area (Å²) in [6.07, 6.45) is 2.90. The monoisotopic (exact) mass is 357 g/mol. The van der Waals surface area contributed by atoms with Gasteiger partial charge in [0.05, 0.1) is 23.3 Å². The van der Waals surface area contributed by atoms with E-state index in [1.165, 1.54) is 18.5 Å². The van der Waals surface area contributed by atoms with Crippen LogP contribution in [0.2, 0.25) is 0 Å². The smallest absolute Gasteiger partial charge is 0.265 e. The van der Waals surface area contributed by atoms with E-state index in [1.807, 2.05) is 0 Å². The Balaban J connectivity index is 2.10. The highest BCUT2D eigenvalue weighted by Crippen LogP contribution is 2.25. The summed E-state index contributed by atoms with van der Waals surface area (Å²) >= 11 is 0. The van der Waals surface area contributed by atoms with Crippen molar-refractivity contribution in [2.24, 2.45) is 0 Å². The number of nitrogens with zero attached hydrogens (tertiary/aromatic N) is 3. The second-order valence-corrected chi connectivity index (χ2v) is 6.89. The number of anilines is 1. The molecule has 126 valence electrons. The topological polar surface area (TPSA) is 87.2 Å². The molecule has 2 heterocycles. The van der Waals surface area contributed by atoms with Crippen LogP contribution in [0.25, 0.3) is 0 Å². The van der Waals surface area contributed by atoms with Crippen LogP contribution in [-0.4, -0.2) is 13.4 Å². The van der Waals surface area contributed by atoms with Crippen LogP contribution in [-0.2, 0) is 16.6 Å². The number of pyridine rings is 1. The van der Waals surface area contributed by atoms with Crippen LogP contribution in [0.15, 0.2) is 70.3 Å². The van der Waals surface area contributed by atoms with Crippen molar-refractivity contribution in [1.82, 2.24) is 4.98 Å². The summed E-state index contributed by atoms with van der Waals surface area (Å²) in [4.78, 5) is 3.87. The van der Waals surface area contributed by atoms with E-state index < -0.39 is 15.8 Å². The predicted molar refractivity (Wildman–Crippen MR) is 87.4 cm³/mol. The molecule has 3 aromatic rings. The largest absolute Gasteiger partial charge is 0.467 e. The number of benzene rings is 1. The Labute approximate surface area is 143 Å². The van der Waals surface area contributed by atoms with Crippen LogP contribution in [0.3, 0.4) is 0 Å². The van der Waals surface area contributed by atoms with Crippen LogP contribution >= 0.6 is 0 Å². The van der Waals surface area contributed by atoms with Crippen LogP contribution in [0.1, 0.15) is 11.3 Å².